The molecular weight excluding hydrogens is 444 g/mol. The number of aromatic amines is 2. The molecule has 1 aliphatic heterocycles. The number of nitrogens with one attached hydrogen (secondary N) is 2. The first-order valence-corrected chi connectivity index (χ1v) is 10.0. The van der Waals surface area contributed by atoms with Crippen molar-refractivity contribution < 1.29 is 14.3 Å². The summed E-state index contributed by atoms with van der Waals surface area (Å²) < 4.78 is 13.1. The Morgan fingerprint density at radius 3 is 2.29 bits per heavy atom. The van der Waals surface area contributed by atoms with E-state index >= 15 is 0 Å². The second kappa shape index (κ2) is 9.36. The first kappa shape index (κ1) is 23.2. The van der Waals surface area contributed by atoms with E-state index in [1.807, 2.05) is 12.1 Å². The van der Waals surface area contributed by atoms with Crippen molar-refractivity contribution in [2.45, 2.75) is 25.0 Å². The third-order valence-electron chi connectivity index (χ3n) is 5.58. The zero-order valence-corrected chi connectivity index (χ0v) is 18.1. The summed E-state index contributed by atoms with van der Waals surface area (Å²) in [5.41, 5.74) is 0.373. The SMILES string of the molecule is Cl.O=C(c1ccc(F)cc1)c1[nH]c(=O)[nH]c1CN1CCC(O)(c2ccc(Cl)cc2)CC1. The van der Waals surface area contributed by atoms with Crippen LogP contribution < -0.4 is 5.69 Å². The van der Waals surface area contributed by atoms with Gasteiger partial charge in [-0.1, -0.05) is 23.7 Å². The molecule has 0 spiro atoms. The molecule has 2 heterocycles. The lowest BCUT2D eigenvalue weighted by Gasteiger charge is -2.38. The number of carbonyl (C=O) groups excluding carboxylic acids is 1. The molecule has 0 atom stereocenters. The standard InChI is InChI=1S/C22H21ClFN3O3.ClH/c23-16-5-3-15(4-6-16)22(30)9-11-27(12-10-22)13-18-19(26-21(29)25-18)20(28)14-1-7-17(24)8-2-14;/h1-8,30H,9-13H2,(H2,25,26,29);1H. The van der Waals surface area contributed by atoms with Crippen molar-refractivity contribution in [2.24, 2.45) is 0 Å². The highest BCUT2D eigenvalue weighted by Gasteiger charge is 2.34. The fraction of sp³-hybridized carbons (Fsp3) is 0.273. The van der Waals surface area contributed by atoms with Crippen LogP contribution in [0.5, 0.6) is 0 Å². The highest BCUT2D eigenvalue weighted by Crippen LogP contribution is 2.33. The zero-order valence-electron chi connectivity index (χ0n) is 16.5. The van der Waals surface area contributed by atoms with Crippen LogP contribution >= 0.6 is 24.0 Å². The van der Waals surface area contributed by atoms with Gasteiger partial charge in [0, 0.05) is 30.2 Å². The maximum atomic E-state index is 13.1. The summed E-state index contributed by atoms with van der Waals surface area (Å²) in [6, 6.07) is 12.4. The van der Waals surface area contributed by atoms with Crippen molar-refractivity contribution in [3.63, 3.8) is 0 Å². The van der Waals surface area contributed by atoms with Crippen LogP contribution in [0.15, 0.2) is 53.3 Å². The molecule has 4 rings (SSSR count). The van der Waals surface area contributed by atoms with Crippen LogP contribution in [0, 0.1) is 5.82 Å². The van der Waals surface area contributed by atoms with Crippen molar-refractivity contribution in [3.8, 4) is 0 Å². The maximum absolute atomic E-state index is 13.1. The molecule has 0 aliphatic carbocycles. The summed E-state index contributed by atoms with van der Waals surface area (Å²) in [5, 5.41) is 11.6. The number of aliphatic hydroxyl groups is 1. The quantitative estimate of drug-likeness (QED) is 0.501. The van der Waals surface area contributed by atoms with Gasteiger partial charge in [-0.05, 0) is 54.8 Å². The number of imidazole rings is 1. The lowest BCUT2D eigenvalue weighted by atomic mass is 9.84. The van der Waals surface area contributed by atoms with Gasteiger partial charge in [0.05, 0.1) is 11.3 Å². The van der Waals surface area contributed by atoms with E-state index in [0.29, 0.717) is 48.8 Å². The largest absolute Gasteiger partial charge is 0.385 e. The second-order valence-corrected chi connectivity index (χ2v) is 8.02. The molecule has 1 aromatic heterocycles. The minimum absolute atomic E-state index is 0. The molecule has 31 heavy (non-hydrogen) atoms. The smallest absolute Gasteiger partial charge is 0.323 e. The number of carbonyl (C=O) groups is 1. The number of nitrogens with zero attached hydrogens (tertiary/aromatic N) is 1. The Hall–Kier alpha value is -2.45. The molecule has 164 valence electrons. The van der Waals surface area contributed by atoms with Gasteiger partial charge < -0.3 is 15.1 Å². The Morgan fingerprint density at radius 1 is 1.06 bits per heavy atom. The normalized spacial score (nSPS) is 16.0. The highest BCUT2D eigenvalue weighted by atomic mass is 35.5. The molecule has 3 N–H and O–H groups in total. The molecule has 0 saturated carbocycles. The highest BCUT2D eigenvalue weighted by molar-refractivity contribution is 6.30. The molecule has 3 aromatic rings. The number of rotatable bonds is 5. The molecule has 9 heteroatoms. The van der Waals surface area contributed by atoms with Crippen molar-refractivity contribution in [2.75, 3.05) is 13.1 Å². The van der Waals surface area contributed by atoms with E-state index in [0.717, 1.165) is 5.56 Å². The van der Waals surface area contributed by atoms with Crippen molar-refractivity contribution in [3.05, 3.63) is 92.4 Å². The van der Waals surface area contributed by atoms with E-state index in [2.05, 4.69) is 14.9 Å². The van der Waals surface area contributed by atoms with E-state index in [4.69, 9.17) is 11.6 Å². The number of H-pyrrole nitrogens is 2. The van der Waals surface area contributed by atoms with Gasteiger partial charge in [-0.25, -0.2) is 9.18 Å². The van der Waals surface area contributed by atoms with Crippen LogP contribution in [-0.2, 0) is 12.1 Å². The first-order chi connectivity index (χ1) is 14.3. The zero-order chi connectivity index (χ0) is 21.3. The predicted molar refractivity (Wildman–Crippen MR) is 118 cm³/mol. The molecule has 0 unspecified atom stereocenters. The maximum Gasteiger partial charge on any atom is 0.323 e. The van der Waals surface area contributed by atoms with Gasteiger partial charge in [-0.15, -0.1) is 12.4 Å². The van der Waals surface area contributed by atoms with Crippen molar-refractivity contribution in [1.29, 1.82) is 0 Å². The molecular formula is C22H22Cl2FN3O3. The third-order valence-corrected chi connectivity index (χ3v) is 5.84. The fourth-order valence-corrected chi connectivity index (χ4v) is 3.96. The summed E-state index contributed by atoms with van der Waals surface area (Å²) >= 11 is 5.94. The minimum atomic E-state index is -0.931. The fourth-order valence-electron chi connectivity index (χ4n) is 3.83. The molecule has 0 amide bonds. The lowest BCUT2D eigenvalue weighted by molar-refractivity contribution is -0.0280. The van der Waals surface area contributed by atoms with Crippen molar-refractivity contribution >= 4 is 29.8 Å². The van der Waals surface area contributed by atoms with E-state index in [9.17, 15) is 19.1 Å². The Bertz CT molecular complexity index is 1100. The number of hydrogen-bond acceptors (Lipinski definition) is 4. The Balaban J connectivity index is 0.00000272. The van der Waals surface area contributed by atoms with Gasteiger partial charge in [-0.3, -0.25) is 9.69 Å². The van der Waals surface area contributed by atoms with Crippen LogP contribution in [0.4, 0.5) is 4.39 Å². The van der Waals surface area contributed by atoms with Crippen LogP contribution in [0.25, 0.3) is 0 Å². The Morgan fingerprint density at radius 2 is 1.68 bits per heavy atom. The molecule has 1 aliphatic rings. The van der Waals surface area contributed by atoms with Gasteiger partial charge in [0.15, 0.2) is 0 Å². The molecule has 2 aromatic carbocycles. The third kappa shape index (κ3) is 5.07. The summed E-state index contributed by atoms with van der Waals surface area (Å²) in [7, 11) is 0. The number of piperidine rings is 1. The van der Waals surface area contributed by atoms with Crippen LogP contribution in [0.1, 0.15) is 40.2 Å². The lowest BCUT2D eigenvalue weighted by Crippen LogP contribution is -2.42. The number of likely N-dealkylation sites (tertiary alicyclic amines) is 1. The van der Waals surface area contributed by atoms with E-state index in [-0.39, 0.29) is 23.9 Å². The Labute approximate surface area is 189 Å². The molecule has 1 fully saturated rings. The van der Waals surface area contributed by atoms with E-state index in [1.165, 1.54) is 24.3 Å². The van der Waals surface area contributed by atoms with Crippen molar-refractivity contribution in [1.82, 2.24) is 14.9 Å². The monoisotopic (exact) mass is 465 g/mol. The van der Waals surface area contributed by atoms with Crippen LogP contribution in [0.2, 0.25) is 5.02 Å². The van der Waals surface area contributed by atoms with Gasteiger partial charge in [0.1, 0.15) is 11.5 Å². The Kier molecular flexibility index (Phi) is 7.01. The molecule has 6 nitrogen and oxygen atoms in total. The number of aromatic nitrogens is 2. The van der Waals surface area contributed by atoms with E-state index < -0.39 is 17.1 Å². The predicted octanol–water partition coefficient (Wildman–Crippen LogP) is 3.63. The number of ketones is 1. The number of hydrogen-bond donors (Lipinski definition) is 3. The van der Waals surface area contributed by atoms with Crippen LogP contribution in [-0.4, -0.2) is 38.8 Å². The summed E-state index contributed by atoms with van der Waals surface area (Å²) in [6.45, 7) is 1.55. The molecule has 0 radical (unpaired) electrons. The molecule has 1 saturated heterocycles. The average molecular weight is 466 g/mol. The van der Waals surface area contributed by atoms with Crippen LogP contribution in [0.3, 0.4) is 0 Å². The molecule has 0 bridgehead atoms. The minimum Gasteiger partial charge on any atom is -0.385 e. The van der Waals surface area contributed by atoms with E-state index in [1.54, 1.807) is 12.1 Å². The summed E-state index contributed by atoms with van der Waals surface area (Å²) in [5.74, 6) is -0.811. The van der Waals surface area contributed by atoms with Gasteiger partial charge >= 0.3 is 5.69 Å². The average Bonchev–Trinajstić information content (AvgIpc) is 3.10. The summed E-state index contributed by atoms with van der Waals surface area (Å²) in [6.07, 6.45) is 1.04. The van der Waals surface area contributed by atoms with Gasteiger partial charge in [0.25, 0.3) is 0 Å². The number of benzene rings is 2. The first-order valence-electron chi connectivity index (χ1n) is 9.66. The number of halogens is 3. The van der Waals surface area contributed by atoms with Gasteiger partial charge in [-0.2, -0.15) is 0 Å². The van der Waals surface area contributed by atoms with Gasteiger partial charge in [0.2, 0.25) is 5.78 Å². The topological polar surface area (TPSA) is 89.2 Å². The summed E-state index contributed by atoms with van der Waals surface area (Å²) in [4.78, 5) is 31.9. The second-order valence-electron chi connectivity index (χ2n) is 7.58.